The Morgan fingerprint density at radius 1 is 1.04 bits per heavy atom. The predicted molar refractivity (Wildman–Crippen MR) is 86.8 cm³/mol. The van der Waals surface area contributed by atoms with Crippen LogP contribution in [0.15, 0.2) is 53.5 Å². The molecule has 120 valence electrons. The van der Waals surface area contributed by atoms with Crippen molar-refractivity contribution in [1.29, 1.82) is 0 Å². The van der Waals surface area contributed by atoms with Crippen LogP contribution in [-0.4, -0.2) is 24.9 Å². The van der Waals surface area contributed by atoms with Crippen molar-refractivity contribution in [3.8, 4) is 5.75 Å². The van der Waals surface area contributed by atoms with E-state index in [0.29, 0.717) is 17.0 Å². The minimum absolute atomic E-state index is 0.129. The van der Waals surface area contributed by atoms with Gasteiger partial charge in [0, 0.05) is 5.56 Å². The first-order chi connectivity index (χ1) is 11.0. The number of methoxy groups -OCH3 is 1. The lowest BCUT2D eigenvalue weighted by Crippen LogP contribution is -2.22. The molecule has 23 heavy (non-hydrogen) atoms. The Balaban J connectivity index is 2.40. The van der Waals surface area contributed by atoms with Crippen molar-refractivity contribution >= 4 is 17.4 Å². The molecule has 0 aromatic heterocycles. The van der Waals surface area contributed by atoms with Gasteiger partial charge in [0.15, 0.2) is 5.71 Å². The molecular formula is C18H18FNO3. The second-order valence-electron chi connectivity index (χ2n) is 5.12. The molecule has 0 fully saturated rings. The van der Waals surface area contributed by atoms with E-state index in [9.17, 15) is 9.18 Å². The molecule has 0 saturated carbocycles. The Hall–Kier alpha value is -2.69. The summed E-state index contributed by atoms with van der Waals surface area (Å²) in [7, 11) is 1.57. The van der Waals surface area contributed by atoms with E-state index < -0.39 is 5.97 Å². The molecule has 2 aromatic carbocycles. The Bertz CT molecular complexity index is 691. The van der Waals surface area contributed by atoms with Crippen molar-refractivity contribution in [2.45, 2.75) is 20.0 Å². The summed E-state index contributed by atoms with van der Waals surface area (Å²) < 4.78 is 23.4. The summed E-state index contributed by atoms with van der Waals surface area (Å²) in [6, 6.07) is 12.5. The first-order valence-electron chi connectivity index (χ1n) is 7.19. The highest BCUT2D eigenvalue weighted by molar-refractivity contribution is 6.43. The maximum absolute atomic E-state index is 13.1. The van der Waals surface area contributed by atoms with Crippen molar-refractivity contribution in [2.75, 3.05) is 7.11 Å². The Labute approximate surface area is 134 Å². The maximum Gasteiger partial charge on any atom is 0.357 e. The van der Waals surface area contributed by atoms with Crippen LogP contribution >= 0.6 is 0 Å². The van der Waals surface area contributed by atoms with Crippen LogP contribution in [-0.2, 0) is 9.53 Å². The van der Waals surface area contributed by atoms with Crippen molar-refractivity contribution in [2.24, 2.45) is 4.99 Å². The van der Waals surface area contributed by atoms with Crippen LogP contribution in [0, 0.1) is 5.82 Å². The standard InChI is InChI=1S/C18H18FNO3/c1-12(2)23-18(21)17(13-4-6-14(19)7-5-13)20-15-8-10-16(22-3)11-9-15/h4-12H,1-3H3. The number of esters is 1. The molecule has 4 nitrogen and oxygen atoms in total. The zero-order valence-electron chi connectivity index (χ0n) is 13.2. The highest BCUT2D eigenvalue weighted by Gasteiger charge is 2.17. The summed E-state index contributed by atoms with van der Waals surface area (Å²) in [5.41, 5.74) is 1.20. The van der Waals surface area contributed by atoms with Crippen molar-refractivity contribution in [3.63, 3.8) is 0 Å². The van der Waals surface area contributed by atoms with Gasteiger partial charge >= 0.3 is 5.97 Å². The normalized spacial score (nSPS) is 11.4. The summed E-state index contributed by atoms with van der Waals surface area (Å²) >= 11 is 0. The average molecular weight is 315 g/mol. The SMILES string of the molecule is COc1ccc(N=C(C(=O)OC(C)C)c2ccc(F)cc2)cc1. The van der Waals surface area contributed by atoms with Gasteiger partial charge in [-0.2, -0.15) is 0 Å². The van der Waals surface area contributed by atoms with Gasteiger partial charge in [-0.1, -0.05) is 0 Å². The minimum atomic E-state index is -0.553. The third-order valence-electron chi connectivity index (χ3n) is 2.97. The second-order valence-corrected chi connectivity index (χ2v) is 5.12. The zero-order chi connectivity index (χ0) is 16.8. The van der Waals surface area contributed by atoms with E-state index in [0.717, 1.165) is 0 Å². The van der Waals surface area contributed by atoms with E-state index in [2.05, 4.69) is 4.99 Å². The van der Waals surface area contributed by atoms with E-state index in [1.54, 1.807) is 45.2 Å². The number of aliphatic imine (C=N–C) groups is 1. The Kier molecular flexibility index (Phi) is 5.46. The third kappa shape index (κ3) is 4.64. The number of carbonyl (C=O) groups excluding carboxylic acids is 1. The van der Waals surface area contributed by atoms with Gasteiger partial charge in [0.25, 0.3) is 0 Å². The summed E-state index contributed by atoms with van der Waals surface area (Å²) in [6.45, 7) is 3.52. The molecule has 0 aliphatic rings. The van der Waals surface area contributed by atoms with Crippen LogP contribution in [0.1, 0.15) is 19.4 Å². The van der Waals surface area contributed by atoms with E-state index in [-0.39, 0.29) is 17.6 Å². The van der Waals surface area contributed by atoms with E-state index >= 15 is 0 Å². The van der Waals surface area contributed by atoms with Gasteiger partial charge in [-0.05, 0) is 62.4 Å². The third-order valence-corrected chi connectivity index (χ3v) is 2.97. The first kappa shape index (κ1) is 16.7. The van der Waals surface area contributed by atoms with Gasteiger partial charge in [0.2, 0.25) is 0 Å². The number of halogens is 1. The van der Waals surface area contributed by atoms with Crippen molar-refractivity contribution in [1.82, 2.24) is 0 Å². The number of rotatable bonds is 5. The topological polar surface area (TPSA) is 47.9 Å². The average Bonchev–Trinajstić information content (AvgIpc) is 2.53. The molecule has 0 bridgehead atoms. The number of ether oxygens (including phenoxy) is 2. The molecule has 2 aromatic rings. The van der Waals surface area contributed by atoms with Gasteiger partial charge in [0.05, 0.1) is 18.9 Å². The van der Waals surface area contributed by atoms with Crippen LogP contribution in [0.2, 0.25) is 0 Å². The number of hydrogen-bond acceptors (Lipinski definition) is 4. The highest BCUT2D eigenvalue weighted by atomic mass is 19.1. The highest BCUT2D eigenvalue weighted by Crippen LogP contribution is 2.19. The quantitative estimate of drug-likeness (QED) is 0.621. The van der Waals surface area contributed by atoms with Gasteiger partial charge < -0.3 is 9.47 Å². The molecule has 0 atom stereocenters. The molecule has 0 heterocycles. The van der Waals surface area contributed by atoms with Crippen LogP contribution in [0.4, 0.5) is 10.1 Å². The molecule has 0 N–H and O–H groups in total. The second kappa shape index (κ2) is 7.54. The van der Waals surface area contributed by atoms with Crippen LogP contribution < -0.4 is 4.74 Å². The molecule has 0 aliphatic carbocycles. The number of carbonyl (C=O) groups is 1. The largest absolute Gasteiger partial charge is 0.497 e. The van der Waals surface area contributed by atoms with Gasteiger partial charge in [-0.25, -0.2) is 14.2 Å². The molecule has 2 rings (SSSR count). The molecule has 0 saturated heterocycles. The first-order valence-corrected chi connectivity index (χ1v) is 7.19. The molecule has 0 radical (unpaired) electrons. The van der Waals surface area contributed by atoms with Gasteiger partial charge in [0.1, 0.15) is 11.6 Å². The molecule has 5 heteroatoms. The molecule has 0 aliphatic heterocycles. The fraction of sp³-hybridized carbons (Fsp3) is 0.222. The Morgan fingerprint density at radius 3 is 2.17 bits per heavy atom. The van der Waals surface area contributed by atoms with Gasteiger partial charge in [-0.3, -0.25) is 0 Å². The number of hydrogen-bond donors (Lipinski definition) is 0. The van der Waals surface area contributed by atoms with Crippen LogP contribution in [0.3, 0.4) is 0 Å². The predicted octanol–water partition coefficient (Wildman–Crippen LogP) is 3.91. The summed E-state index contributed by atoms with van der Waals surface area (Å²) in [5, 5.41) is 0. The number of nitrogens with zero attached hydrogens (tertiary/aromatic N) is 1. The summed E-state index contributed by atoms with van der Waals surface area (Å²) in [4.78, 5) is 16.6. The number of benzene rings is 2. The van der Waals surface area contributed by atoms with E-state index in [1.807, 2.05) is 0 Å². The van der Waals surface area contributed by atoms with Crippen LogP contribution in [0.25, 0.3) is 0 Å². The summed E-state index contributed by atoms with van der Waals surface area (Å²) in [6.07, 6.45) is -0.274. The van der Waals surface area contributed by atoms with Crippen LogP contribution in [0.5, 0.6) is 5.75 Å². The monoisotopic (exact) mass is 315 g/mol. The van der Waals surface area contributed by atoms with Crippen molar-refractivity contribution in [3.05, 3.63) is 59.9 Å². The molecular weight excluding hydrogens is 297 g/mol. The zero-order valence-corrected chi connectivity index (χ0v) is 13.2. The fourth-order valence-corrected chi connectivity index (χ4v) is 1.89. The van der Waals surface area contributed by atoms with Gasteiger partial charge in [-0.15, -0.1) is 0 Å². The maximum atomic E-state index is 13.1. The fourth-order valence-electron chi connectivity index (χ4n) is 1.89. The lowest BCUT2D eigenvalue weighted by molar-refractivity contribution is -0.138. The smallest absolute Gasteiger partial charge is 0.357 e. The molecule has 0 unspecified atom stereocenters. The lowest BCUT2D eigenvalue weighted by atomic mass is 10.1. The molecule has 0 amide bonds. The Morgan fingerprint density at radius 2 is 1.65 bits per heavy atom. The lowest BCUT2D eigenvalue weighted by Gasteiger charge is -2.10. The minimum Gasteiger partial charge on any atom is -0.497 e. The molecule has 0 spiro atoms. The summed E-state index contributed by atoms with van der Waals surface area (Å²) in [5.74, 6) is -0.241. The van der Waals surface area contributed by atoms with E-state index in [4.69, 9.17) is 9.47 Å². The van der Waals surface area contributed by atoms with Crippen molar-refractivity contribution < 1.29 is 18.7 Å². The van der Waals surface area contributed by atoms with E-state index in [1.165, 1.54) is 24.3 Å².